The van der Waals surface area contributed by atoms with Gasteiger partial charge in [-0.3, -0.25) is 10.2 Å². The standard InChI is InChI=1S/C18H17N3O4/c1-2-24-17(22)20-14-7-6-10-16(13-14)25-18(23)21(12-11-19)15-8-4-3-5-9-15/h3-10,13H,2,12H2,1H3,(H,20,22). The molecule has 2 aromatic rings. The Hall–Kier alpha value is -3.53. The highest BCUT2D eigenvalue weighted by molar-refractivity contribution is 5.90. The molecule has 0 aliphatic carbocycles. The van der Waals surface area contributed by atoms with Gasteiger partial charge in [-0.05, 0) is 31.2 Å². The molecule has 25 heavy (non-hydrogen) atoms. The average Bonchev–Trinajstić information content (AvgIpc) is 2.60. The Morgan fingerprint density at radius 2 is 1.92 bits per heavy atom. The van der Waals surface area contributed by atoms with Crippen LogP contribution in [0.15, 0.2) is 54.6 Å². The van der Waals surface area contributed by atoms with Crippen LogP contribution in [0.3, 0.4) is 0 Å². The third-order valence-corrected chi connectivity index (χ3v) is 3.08. The second kappa shape index (κ2) is 8.93. The largest absolute Gasteiger partial charge is 0.450 e. The van der Waals surface area contributed by atoms with E-state index in [1.54, 1.807) is 49.4 Å². The summed E-state index contributed by atoms with van der Waals surface area (Å²) in [5.41, 5.74) is 0.977. The van der Waals surface area contributed by atoms with Crippen molar-refractivity contribution in [2.45, 2.75) is 6.92 Å². The van der Waals surface area contributed by atoms with E-state index in [-0.39, 0.29) is 18.9 Å². The second-order valence-electron chi connectivity index (χ2n) is 4.82. The van der Waals surface area contributed by atoms with Gasteiger partial charge in [-0.1, -0.05) is 24.3 Å². The molecule has 7 nitrogen and oxygen atoms in total. The van der Waals surface area contributed by atoms with Gasteiger partial charge in [0.15, 0.2) is 0 Å². The lowest BCUT2D eigenvalue weighted by Crippen LogP contribution is -2.33. The van der Waals surface area contributed by atoms with E-state index in [1.807, 2.05) is 12.1 Å². The van der Waals surface area contributed by atoms with Crippen LogP contribution in [0.5, 0.6) is 5.75 Å². The number of anilines is 2. The van der Waals surface area contributed by atoms with E-state index in [4.69, 9.17) is 14.7 Å². The molecule has 0 spiro atoms. The maximum Gasteiger partial charge on any atom is 0.420 e. The first kappa shape index (κ1) is 17.8. The Morgan fingerprint density at radius 1 is 1.16 bits per heavy atom. The number of carbonyl (C=O) groups excluding carboxylic acids is 2. The van der Waals surface area contributed by atoms with E-state index in [0.29, 0.717) is 11.4 Å². The lowest BCUT2D eigenvalue weighted by atomic mass is 10.3. The van der Waals surface area contributed by atoms with Crippen molar-refractivity contribution in [1.82, 2.24) is 0 Å². The third kappa shape index (κ3) is 5.25. The Bertz CT molecular complexity index is 771. The molecule has 0 fully saturated rings. The number of amides is 2. The van der Waals surface area contributed by atoms with Crippen LogP contribution in [0.25, 0.3) is 0 Å². The first-order valence-corrected chi connectivity index (χ1v) is 7.59. The van der Waals surface area contributed by atoms with Gasteiger partial charge in [0.2, 0.25) is 0 Å². The molecule has 7 heteroatoms. The summed E-state index contributed by atoms with van der Waals surface area (Å²) in [6.45, 7) is 1.80. The maximum atomic E-state index is 12.4. The highest BCUT2D eigenvalue weighted by Crippen LogP contribution is 2.20. The van der Waals surface area contributed by atoms with Gasteiger partial charge in [-0.2, -0.15) is 5.26 Å². The number of nitrogens with one attached hydrogen (secondary N) is 1. The van der Waals surface area contributed by atoms with Crippen molar-refractivity contribution < 1.29 is 19.1 Å². The summed E-state index contributed by atoms with van der Waals surface area (Å²) in [5.74, 6) is 0.234. The molecule has 0 saturated carbocycles. The van der Waals surface area contributed by atoms with Gasteiger partial charge in [-0.25, -0.2) is 9.59 Å². The SMILES string of the molecule is CCOC(=O)Nc1cccc(OC(=O)N(CC#N)c2ccccc2)c1. The number of nitriles is 1. The molecule has 2 rings (SSSR count). The molecule has 0 radical (unpaired) electrons. The number of para-hydroxylation sites is 1. The van der Waals surface area contributed by atoms with Crippen molar-refractivity contribution >= 4 is 23.6 Å². The molecule has 0 aliphatic heterocycles. The minimum atomic E-state index is -0.693. The minimum absolute atomic E-state index is 0.149. The van der Waals surface area contributed by atoms with Crippen LogP contribution >= 0.6 is 0 Å². The highest BCUT2D eigenvalue weighted by Gasteiger charge is 2.18. The monoisotopic (exact) mass is 339 g/mol. The van der Waals surface area contributed by atoms with Crippen LogP contribution in [-0.2, 0) is 4.74 Å². The van der Waals surface area contributed by atoms with E-state index in [2.05, 4.69) is 5.32 Å². The van der Waals surface area contributed by atoms with Crippen LogP contribution < -0.4 is 15.0 Å². The van der Waals surface area contributed by atoms with Gasteiger partial charge in [0, 0.05) is 17.4 Å². The fraction of sp³-hybridized carbons (Fsp3) is 0.167. The highest BCUT2D eigenvalue weighted by atomic mass is 16.6. The van der Waals surface area contributed by atoms with E-state index >= 15 is 0 Å². The molecule has 0 atom stereocenters. The van der Waals surface area contributed by atoms with Crippen molar-refractivity contribution in [2.75, 3.05) is 23.4 Å². The molecule has 0 unspecified atom stereocenters. The summed E-state index contributed by atoms with van der Waals surface area (Å²) in [5, 5.41) is 11.5. The Kier molecular flexibility index (Phi) is 6.37. The Balaban J connectivity index is 2.11. The predicted octanol–water partition coefficient (Wildman–Crippen LogP) is 3.78. The molecular formula is C18H17N3O4. The van der Waals surface area contributed by atoms with Crippen molar-refractivity contribution in [3.63, 3.8) is 0 Å². The van der Waals surface area contributed by atoms with E-state index in [9.17, 15) is 9.59 Å². The summed E-state index contributed by atoms with van der Waals surface area (Å²) in [6.07, 6.45) is -1.29. The predicted molar refractivity (Wildman–Crippen MR) is 92.5 cm³/mol. The number of carbonyl (C=O) groups is 2. The van der Waals surface area contributed by atoms with Crippen LogP contribution in [0.2, 0.25) is 0 Å². The molecular weight excluding hydrogens is 322 g/mol. The van der Waals surface area contributed by atoms with Crippen LogP contribution in [0, 0.1) is 11.3 Å². The van der Waals surface area contributed by atoms with Gasteiger partial charge in [-0.15, -0.1) is 0 Å². The number of ether oxygens (including phenoxy) is 2. The molecule has 2 amide bonds. The summed E-state index contributed by atoms with van der Waals surface area (Å²) < 4.78 is 10.1. The molecule has 128 valence electrons. The number of nitrogens with zero attached hydrogens (tertiary/aromatic N) is 2. The Labute approximate surface area is 145 Å². The first-order valence-electron chi connectivity index (χ1n) is 7.59. The van der Waals surface area contributed by atoms with Crippen LogP contribution in [-0.4, -0.2) is 25.3 Å². The molecule has 0 bridgehead atoms. The number of rotatable bonds is 5. The van der Waals surface area contributed by atoms with Gasteiger partial charge in [0.1, 0.15) is 12.3 Å². The number of hydrogen-bond donors (Lipinski definition) is 1. The minimum Gasteiger partial charge on any atom is -0.450 e. The molecule has 0 heterocycles. The normalized spacial score (nSPS) is 9.60. The summed E-state index contributed by atoms with van der Waals surface area (Å²) >= 11 is 0. The second-order valence-corrected chi connectivity index (χ2v) is 4.82. The summed E-state index contributed by atoms with van der Waals surface area (Å²) in [6, 6.07) is 17.0. The maximum absolute atomic E-state index is 12.4. The van der Waals surface area contributed by atoms with E-state index in [0.717, 1.165) is 0 Å². The van der Waals surface area contributed by atoms with E-state index < -0.39 is 12.2 Å². The zero-order chi connectivity index (χ0) is 18.1. The fourth-order valence-electron chi connectivity index (χ4n) is 2.02. The smallest absolute Gasteiger partial charge is 0.420 e. The van der Waals surface area contributed by atoms with Gasteiger partial charge in [0.25, 0.3) is 0 Å². The zero-order valence-electron chi connectivity index (χ0n) is 13.6. The zero-order valence-corrected chi connectivity index (χ0v) is 13.6. The van der Waals surface area contributed by atoms with Crippen LogP contribution in [0.1, 0.15) is 6.92 Å². The average molecular weight is 339 g/mol. The molecule has 2 aromatic carbocycles. The molecule has 0 aromatic heterocycles. The lowest BCUT2D eigenvalue weighted by Gasteiger charge is -2.19. The van der Waals surface area contributed by atoms with Gasteiger partial charge in [0.05, 0.1) is 12.7 Å². The van der Waals surface area contributed by atoms with Gasteiger partial charge < -0.3 is 9.47 Å². The molecule has 1 N–H and O–H groups in total. The summed E-state index contributed by atoms with van der Waals surface area (Å²) in [4.78, 5) is 25.0. The number of hydrogen-bond acceptors (Lipinski definition) is 5. The van der Waals surface area contributed by atoms with Crippen molar-refractivity contribution in [3.8, 4) is 11.8 Å². The topological polar surface area (TPSA) is 91.7 Å². The van der Waals surface area contributed by atoms with Crippen molar-refractivity contribution in [2.24, 2.45) is 0 Å². The van der Waals surface area contributed by atoms with Crippen molar-refractivity contribution in [3.05, 3.63) is 54.6 Å². The fourth-order valence-corrected chi connectivity index (χ4v) is 2.02. The van der Waals surface area contributed by atoms with E-state index in [1.165, 1.54) is 11.0 Å². The molecule has 0 aliphatic rings. The first-order chi connectivity index (χ1) is 12.1. The Morgan fingerprint density at radius 3 is 2.60 bits per heavy atom. The van der Waals surface area contributed by atoms with Crippen LogP contribution in [0.4, 0.5) is 21.0 Å². The van der Waals surface area contributed by atoms with Crippen molar-refractivity contribution in [1.29, 1.82) is 5.26 Å². The number of benzene rings is 2. The lowest BCUT2D eigenvalue weighted by molar-refractivity contribution is 0.168. The summed E-state index contributed by atoms with van der Waals surface area (Å²) in [7, 11) is 0. The quantitative estimate of drug-likeness (QED) is 0.837. The van der Waals surface area contributed by atoms with Gasteiger partial charge >= 0.3 is 12.2 Å². The third-order valence-electron chi connectivity index (χ3n) is 3.08. The molecule has 0 saturated heterocycles.